The lowest BCUT2D eigenvalue weighted by atomic mass is 10.1. The van der Waals surface area contributed by atoms with Crippen LogP contribution in [0, 0.1) is 20.8 Å². The minimum Gasteiger partial charge on any atom is -0.496 e. The van der Waals surface area contributed by atoms with Crippen molar-refractivity contribution in [3.63, 3.8) is 0 Å². The van der Waals surface area contributed by atoms with E-state index in [1.54, 1.807) is 7.11 Å². The van der Waals surface area contributed by atoms with E-state index < -0.39 is 0 Å². The number of hydrogen-bond donors (Lipinski definition) is 0. The first-order valence-corrected chi connectivity index (χ1v) is 6.51. The number of hydrogen-bond acceptors (Lipinski definition) is 3. The molecule has 0 fully saturated rings. The van der Waals surface area contributed by atoms with Gasteiger partial charge in [-0.05, 0) is 44.0 Å². The summed E-state index contributed by atoms with van der Waals surface area (Å²) < 4.78 is 6.06. The van der Waals surface area contributed by atoms with Gasteiger partial charge in [-0.1, -0.05) is 11.6 Å². The van der Waals surface area contributed by atoms with Gasteiger partial charge in [0, 0.05) is 5.56 Å². The maximum absolute atomic E-state index is 6.06. The molecule has 0 aliphatic heterocycles. The fourth-order valence-corrected chi connectivity index (χ4v) is 2.87. The predicted octanol–water partition coefficient (Wildman–Crippen LogP) is 4.40. The summed E-state index contributed by atoms with van der Waals surface area (Å²) in [5.74, 6) is 0.908. The Hall–Kier alpha value is -1.06. The first kappa shape index (κ1) is 12.4. The highest BCUT2D eigenvalue weighted by Crippen LogP contribution is 2.35. The maximum Gasteiger partial charge on any atom is 0.125 e. The molecule has 17 heavy (non-hydrogen) atoms. The van der Waals surface area contributed by atoms with Crippen molar-refractivity contribution < 1.29 is 4.74 Å². The third-order valence-corrected chi connectivity index (χ3v) is 4.20. The number of methoxy groups -OCH3 is 1. The summed E-state index contributed by atoms with van der Waals surface area (Å²) in [5, 5.41) is 0.968. The van der Waals surface area contributed by atoms with Gasteiger partial charge in [0.25, 0.3) is 0 Å². The smallest absolute Gasteiger partial charge is 0.125 e. The first-order valence-electron chi connectivity index (χ1n) is 5.31. The summed E-state index contributed by atoms with van der Waals surface area (Å²) in [7, 11) is 1.69. The lowest BCUT2D eigenvalue weighted by Gasteiger charge is -2.09. The van der Waals surface area contributed by atoms with E-state index in [1.807, 2.05) is 19.9 Å². The van der Waals surface area contributed by atoms with E-state index in [4.69, 9.17) is 16.3 Å². The van der Waals surface area contributed by atoms with Crippen molar-refractivity contribution >= 4 is 22.9 Å². The maximum atomic E-state index is 6.06. The van der Waals surface area contributed by atoms with Crippen molar-refractivity contribution in [3.8, 4) is 16.3 Å². The van der Waals surface area contributed by atoms with Crippen molar-refractivity contribution in [3.05, 3.63) is 33.3 Å². The van der Waals surface area contributed by atoms with Crippen LogP contribution in [-0.2, 0) is 0 Å². The summed E-state index contributed by atoms with van der Waals surface area (Å²) in [6.45, 7) is 6.01. The second-order valence-corrected chi connectivity index (χ2v) is 5.62. The minimum atomic E-state index is 0.757. The molecule has 2 aromatic rings. The predicted molar refractivity (Wildman–Crippen MR) is 73.3 cm³/mol. The molecule has 1 aromatic carbocycles. The molecular weight excluding hydrogens is 254 g/mol. The van der Waals surface area contributed by atoms with E-state index in [9.17, 15) is 0 Å². The molecule has 2 rings (SSSR count). The Morgan fingerprint density at radius 1 is 1.18 bits per heavy atom. The van der Waals surface area contributed by atoms with Gasteiger partial charge in [-0.25, -0.2) is 4.98 Å². The van der Waals surface area contributed by atoms with Crippen LogP contribution in [0.3, 0.4) is 0 Å². The normalized spacial score (nSPS) is 10.6. The van der Waals surface area contributed by atoms with Gasteiger partial charge in [-0.3, -0.25) is 0 Å². The van der Waals surface area contributed by atoms with Crippen molar-refractivity contribution in [1.82, 2.24) is 4.98 Å². The van der Waals surface area contributed by atoms with Gasteiger partial charge >= 0.3 is 0 Å². The summed E-state index contributed by atoms with van der Waals surface area (Å²) in [4.78, 5) is 4.48. The molecule has 0 aliphatic rings. The van der Waals surface area contributed by atoms with E-state index >= 15 is 0 Å². The molecule has 0 atom stereocenters. The molecule has 0 radical (unpaired) electrons. The Labute approximate surface area is 110 Å². The molecule has 0 spiro atoms. The summed E-state index contributed by atoms with van der Waals surface area (Å²) in [6, 6.07) is 4.14. The summed E-state index contributed by atoms with van der Waals surface area (Å²) in [6.07, 6.45) is 0. The van der Waals surface area contributed by atoms with Crippen LogP contribution in [0.4, 0.5) is 0 Å². The average Bonchev–Trinajstić information content (AvgIpc) is 2.61. The summed E-state index contributed by atoms with van der Waals surface area (Å²) >= 11 is 7.58. The Morgan fingerprint density at radius 2 is 1.88 bits per heavy atom. The van der Waals surface area contributed by atoms with Crippen LogP contribution in [0.15, 0.2) is 12.1 Å². The molecule has 1 heterocycles. The monoisotopic (exact) mass is 267 g/mol. The molecule has 0 bridgehead atoms. The highest BCUT2D eigenvalue weighted by molar-refractivity contribution is 7.19. The fraction of sp³-hybridized carbons (Fsp3) is 0.308. The van der Waals surface area contributed by atoms with Gasteiger partial charge in [-0.15, -0.1) is 11.3 Å². The SMILES string of the molecule is COc1cc(C)c(-c2nc(C)c(Cl)s2)cc1C. The Kier molecular flexibility index (Phi) is 3.40. The van der Waals surface area contributed by atoms with Gasteiger partial charge in [0.1, 0.15) is 15.1 Å². The third-order valence-electron chi connectivity index (χ3n) is 2.71. The van der Waals surface area contributed by atoms with E-state index in [2.05, 4.69) is 18.0 Å². The van der Waals surface area contributed by atoms with Crippen LogP contribution in [0.25, 0.3) is 10.6 Å². The molecule has 0 aliphatic carbocycles. The number of ether oxygens (including phenoxy) is 1. The number of thiazole rings is 1. The van der Waals surface area contributed by atoms with E-state index in [1.165, 1.54) is 11.3 Å². The molecule has 4 heteroatoms. The second-order valence-electron chi connectivity index (χ2n) is 4.01. The number of halogens is 1. The van der Waals surface area contributed by atoms with Crippen molar-refractivity contribution in [2.45, 2.75) is 20.8 Å². The topological polar surface area (TPSA) is 22.1 Å². The lowest BCUT2D eigenvalue weighted by Crippen LogP contribution is -1.91. The molecule has 0 amide bonds. The van der Waals surface area contributed by atoms with Crippen LogP contribution in [0.2, 0.25) is 4.34 Å². The number of benzene rings is 1. The molecule has 0 saturated heterocycles. The van der Waals surface area contributed by atoms with E-state index in [0.29, 0.717) is 0 Å². The number of aryl methyl sites for hydroxylation is 3. The average molecular weight is 268 g/mol. The first-order chi connectivity index (χ1) is 8.02. The standard InChI is InChI=1S/C13H14ClNOS/c1-7-6-11(16-4)8(2)5-10(7)13-15-9(3)12(14)17-13/h5-6H,1-4H3. The third kappa shape index (κ3) is 2.31. The Morgan fingerprint density at radius 3 is 2.41 bits per heavy atom. The van der Waals surface area contributed by atoms with Gasteiger partial charge in [0.15, 0.2) is 0 Å². The largest absolute Gasteiger partial charge is 0.496 e. The Bertz CT molecular complexity index is 543. The number of rotatable bonds is 2. The van der Waals surface area contributed by atoms with Gasteiger partial charge in [-0.2, -0.15) is 0 Å². The van der Waals surface area contributed by atoms with Crippen molar-refractivity contribution in [2.75, 3.05) is 7.11 Å². The van der Waals surface area contributed by atoms with Crippen LogP contribution < -0.4 is 4.74 Å². The molecule has 0 saturated carbocycles. The lowest BCUT2D eigenvalue weighted by molar-refractivity contribution is 0.411. The molecule has 0 unspecified atom stereocenters. The van der Waals surface area contributed by atoms with E-state index in [0.717, 1.165) is 37.5 Å². The zero-order chi connectivity index (χ0) is 12.6. The zero-order valence-electron chi connectivity index (χ0n) is 10.3. The molecule has 0 N–H and O–H groups in total. The van der Waals surface area contributed by atoms with Crippen molar-refractivity contribution in [2.24, 2.45) is 0 Å². The minimum absolute atomic E-state index is 0.757. The molecular formula is C13H14ClNOS. The van der Waals surface area contributed by atoms with Crippen LogP contribution >= 0.6 is 22.9 Å². The van der Waals surface area contributed by atoms with Crippen LogP contribution in [0.1, 0.15) is 16.8 Å². The second kappa shape index (κ2) is 4.67. The highest BCUT2D eigenvalue weighted by Gasteiger charge is 2.12. The van der Waals surface area contributed by atoms with E-state index in [-0.39, 0.29) is 0 Å². The van der Waals surface area contributed by atoms with Crippen LogP contribution in [0.5, 0.6) is 5.75 Å². The molecule has 1 aromatic heterocycles. The molecule has 90 valence electrons. The van der Waals surface area contributed by atoms with Gasteiger partial charge < -0.3 is 4.74 Å². The quantitative estimate of drug-likeness (QED) is 0.805. The molecule has 2 nitrogen and oxygen atoms in total. The van der Waals surface area contributed by atoms with Crippen LogP contribution in [-0.4, -0.2) is 12.1 Å². The van der Waals surface area contributed by atoms with Crippen molar-refractivity contribution in [1.29, 1.82) is 0 Å². The van der Waals surface area contributed by atoms with Gasteiger partial charge in [0.05, 0.1) is 12.8 Å². The zero-order valence-corrected chi connectivity index (χ0v) is 11.9. The number of nitrogens with zero attached hydrogens (tertiary/aromatic N) is 1. The van der Waals surface area contributed by atoms with Gasteiger partial charge in [0.2, 0.25) is 0 Å². The number of aromatic nitrogens is 1. The Balaban J connectivity index is 2.56. The fourth-order valence-electron chi connectivity index (χ4n) is 1.73. The summed E-state index contributed by atoms with van der Waals surface area (Å²) in [5.41, 5.74) is 4.28. The highest BCUT2D eigenvalue weighted by atomic mass is 35.5.